The van der Waals surface area contributed by atoms with Crippen molar-refractivity contribution >= 4 is 0 Å². The van der Waals surface area contributed by atoms with E-state index in [1.165, 1.54) is 0 Å². The maximum atomic E-state index is 4.03. The van der Waals surface area contributed by atoms with E-state index in [0.717, 1.165) is 52.4 Å². The van der Waals surface area contributed by atoms with Gasteiger partial charge in [-0.25, -0.2) is 0 Å². The van der Waals surface area contributed by atoms with Crippen LogP contribution in [-0.2, 0) is 15.7 Å². The zero-order valence-electron chi connectivity index (χ0n) is 18.4. The van der Waals surface area contributed by atoms with Crippen LogP contribution >= 0.6 is 0 Å². The first-order chi connectivity index (χ1) is 14.1. The van der Waals surface area contributed by atoms with Crippen LogP contribution in [-0.4, -0.2) is 66.9 Å². The first-order valence-electron chi connectivity index (χ1n) is 10.3. The Morgan fingerprint density at radius 3 is 0.586 bits per heavy atom. The molecule has 0 bridgehead atoms. The van der Waals surface area contributed by atoms with Gasteiger partial charge in [-0.15, -0.1) is 0 Å². The summed E-state index contributed by atoms with van der Waals surface area (Å²) in [5.74, 6) is 0. The van der Waals surface area contributed by atoms with Crippen molar-refractivity contribution in [3.05, 3.63) is 101 Å². The van der Waals surface area contributed by atoms with Crippen LogP contribution in [0.4, 0.5) is 0 Å². The van der Waals surface area contributed by atoms with Crippen molar-refractivity contribution in [1.82, 2.24) is 14.6 Å². The second-order valence-corrected chi connectivity index (χ2v) is 18.4. The Morgan fingerprint density at radius 2 is 0.483 bits per heavy atom. The number of hydrogen-bond donors (Lipinski definition) is 0. The molecule has 0 amide bonds. The van der Waals surface area contributed by atoms with Gasteiger partial charge in [0.25, 0.3) is 0 Å². The molecule has 0 heterocycles. The molecule has 0 atom stereocenters. The van der Waals surface area contributed by atoms with Crippen molar-refractivity contribution in [2.45, 2.75) is 0 Å². The van der Waals surface area contributed by atoms with Gasteiger partial charge in [0, 0.05) is 0 Å². The summed E-state index contributed by atoms with van der Waals surface area (Å²) in [7, 11) is 0. The van der Waals surface area contributed by atoms with E-state index in [9.17, 15) is 0 Å². The van der Waals surface area contributed by atoms with Crippen LogP contribution in [0.1, 0.15) is 0 Å². The van der Waals surface area contributed by atoms with E-state index >= 15 is 0 Å². The quantitative estimate of drug-likeness (QED) is 0.200. The Bertz CT molecular complexity index is 428. The summed E-state index contributed by atoms with van der Waals surface area (Å²) in [6.45, 7) is 38.3. The average molecular weight is 450 g/mol. The van der Waals surface area contributed by atoms with Gasteiger partial charge in [-0.1, -0.05) is 0 Å². The zero-order valence-corrected chi connectivity index (χ0v) is 21.4. The molecule has 158 valence electrons. The fourth-order valence-electron chi connectivity index (χ4n) is 4.84. The van der Waals surface area contributed by atoms with Gasteiger partial charge >= 0.3 is 184 Å². The van der Waals surface area contributed by atoms with Gasteiger partial charge in [0.1, 0.15) is 0 Å². The number of hydrogen-bond acceptors (Lipinski definition) is 4. The number of nitrogens with zero attached hydrogens (tertiary/aromatic N) is 4. The van der Waals surface area contributed by atoms with Crippen LogP contribution < -0.4 is 0 Å². The van der Waals surface area contributed by atoms with Crippen molar-refractivity contribution in [3.8, 4) is 0 Å². The zero-order chi connectivity index (χ0) is 22.1. The molecule has 0 aromatic carbocycles. The molecule has 0 aromatic rings. The predicted molar refractivity (Wildman–Crippen MR) is 128 cm³/mol. The Kier molecular flexibility index (Phi) is 15.3. The van der Waals surface area contributed by atoms with Gasteiger partial charge in [-0.2, -0.15) is 0 Å². The fraction of sp³-hybridized carbons (Fsp3) is 0.333. The van der Waals surface area contributed by atoms with Crippen LogP contribution in [0, 0.1) is 0 Å². The van der Waals surface area contributed by atoms with Crippen molar-refractivity contribution in [1.29, 1.82) is 0 Å². The summed E-state index contributed by atoms with van der Waals surface area (Å²) in [5.41, 5.74) is 0. The average Bonchev–Trinajstić information content (AvgIpc) is 2.70. The molecule has 4 nitrogen and oxygen atoms in total. The van der Waals surface area contributed by atoms with Crippen molar-refractivity contribution in [2.75, 3.05) is 52.4 Å². The number of rotatable bonds is 20. The summed E-state index contributed by atoms with van der Waals surface area (Å²) >= 11 is -3.90. The predicted octanol–water partition coefficient (Wildman–Crippen LogP) is 4.50. The van der Waals surface area contributed by atoms with E-state index in [1.54, 1.807) is 0 Å². The van der Waals surface area contributed by atoms with Gasteiger partial charge in [-0.05, 0) is 0 Å². The molecule has 0 aliphatic carbocycles. The molecule has 0 fully saturated rings. The third-order valence-electron chi connectivity index (χ3n) is 5.50. The standard InChI is InChI=1S/4C6H10N.Zn/c4*1-3-5-7-6-4-2;/h4*3-4H,1-2,5-6H2;/q4*-1;+4. The molecule has 0 spiro atoms. The Labute approximate surface area is 183 Å². The van der Waals surface area contributed by atoms with Gasteiger partial charge < -0.3 is 0 Å². The minimum absolute atomic E-state index is 0.756. The molecule has 29 heavy (non-hydrogen) atoms. The summed E-state index contributed by atoms with van der Waals surface area (Å²) in [6.07, 6.45) is 15.8. The second kappa shape index (κ2) is 16.2. The van der Waals surface area contributed by atoms with Crippen LogP contribution in [0.15, 0.2) is 101 Å². The third kappa shape index (κ3) is 7.29. The molecule has 0 saturated heterocycles. The molecule has 0 aliphatic heterocycles. The van der Waals surface area contributed by atoms with Crippen molar-refractivity contribution < 1.29 is 15.7 Å². The Balaban J connectivity index is 7.13. The molecule has 0 aliphatic rings. The SMILES string of the molecule is C=CC[N](CC=C)[Zn]([N](CC=C)CC=C)([N](CC=C)CC=C)[N](CC=C)CC=C. The van der Waals surface area contributed by atoms with Crippen molar-refractivity contribution in [3.63, 3.8) is 0 Å². The summed E-state index contributed by atoms with van der Waals surface area (Å²) in [6, 6.07) is 0. The fourth-order valence-corrected chi connectivity index (χ4v) is 20.8. The van der Waals surface area contributed by atoms with E-state index in [2.05, 4.69) is 67.2 Å². The van der Waals surface area contributed by atoms with Crippen molar-refractivity contribution in [2.24, 2.45) is 0 Å². The van der Waals surface area contributed by atoms with E-state index in [1.807, 2.05) is 48.6 Å². The molecule has 5 heteroatoms. The van der Waals surface area contributed by atoms with E-state index in [-0.39, 0.29) is 0 Å². The Morgan fingerprint density at radius 1 is 0.345 bits per heavy atom. The summed E-state index contributed by atoms with van der Waals surface area (Å²) in [4.78, 5) is 0. The van der Waals surface area contributed by atoms with Crippen LogP contribution in [0.3, 0.4) is 0 Å². The molecule has 0 rings (SSSR count). The second-order valence-electron chi connectivity index (χ2n) is 7.30. The Hall–Kier alpha value is -1.62. The summed E-state index contributed by atoms with van der Waals surface area (Å²) < 4.78 is 10.2. The topological polar surface area (TPSA) is 13.0 Å². The molecule has 0 radical (unpaired) electrons. The van der Waals surface area contributed by atoms with E-state index in [4.69, 9.17) is 0 Å². The first kappa shape index (κ1) is 27.4. The third-order valence-corrected chi connectivity index (χ3v) is 19.9. The molecule has 0 saturated carbocycles. The monoisotopic (exact) mass is 448 g/mol. The molecule has 0 unspecified atom stereocenters. The van der Waals surface area contributed by atoms with Gasteiger partial charge in [0.15, 0.2) is 0 Å². The van der Waals surface area contributed by atoms with Gasteiger partial charge in [0.2, 0.25) is 0 Å². The molecule has 0 N–H and O–H groups in total. The molecule has 0 aromatic heterocycles. The molecular formula is C24H40N4Zn. The molecular weight excluding hydrogens is 410 g/mol. The van der Waals surface area contributed by atoms with Gasteiger partial charge in [0.05, 0.1) is 0 Å². The normalized spacial score (nSPS) is 10.9. The van der Waals surface area contributed by atoms with Crippen LogP contribution in [0.25, 0.3) is 0 Å². The van der Waals surface area contributed by atoms with E-state index in [0.29, 0.717) is 0 Å². The summed E-state index contributed by atoms with van der Waals surface area (Å²) in [5, 5.41) is 0. The first-order valence-corrected chi connectivity index (χ1v) is 15.6. The minimum atomic E-state index is -3.90. The van der Waals surface area contributed by atoms with Gasteiger partial charge in [-0.3, -0.25) is 0 Å². The van der Waals surface area contributed by atoms with Crippen LogP contribution in [0.2, 0.25) is 0 Å². The van der Waals surface area contributed by atoms with E-state index < -0.39 is 15.7 Å². The van der Waals surface area contributed by atoms with Crippen LogP contribution in [0.5, 0.6) is 0 Å². The maximum absolute atomic E-state index is 4.03.